The van der Waals surface area contributed by atoms with E-state index >= 15 is 0 Å². The second kappa shape index (κ2) is 7.08. The van der Waals surface area contributed by atoms with Gasteiger partial charge >= 0.3 is 0 Å². The van der Waals surface area contributed by atoms with E-state index in [1.807, 2.05) is 0 Å². The number of sulfonamides is 1. The largest absolute Gasteiger partial charge is 0.316 e. The third kappa shape index (κ3) is 4.68. The number of halogens is 1. The molecule has 2 aliphatic rings. The molecule has 0 spiro atoms. The van der Waals surface area contributed by atoms with Gasteiger partial charge in [-0.05, 0) is 44.2 Å². The quantitative estimate of drug-likeness (QED) is 0.827. The van der Waals surface area contributed by atoms with Crippen LogP contribution in [-0.2, 0) is 10.0 Å². The molecule has 1 heterocycles. The Morgan fingerprint density at radius 3 is 2.50 bits per heavy atom. The summed E-state index contributed by atoms with van der Waals surface area (Å²) in [6, 6.07) is 0.127. The molecule has 0 amide bonds. The summed E-state index contributed by atoms with van der Waals surface area (Å²) >= 11 is 0. The van der Waals surface area contributed by atoms with E-state index in [4.69, 9.17) is 0 Å². The smallest absolute Gasteiger partial charge is 0.212 e. The molecule has 108 valence electrons. The van der Waals surface area contributed by atoms with Gasteiger partial charge in [-0.2, -0.15) is 0 Å². The third-order valence-corrected chi connectivity index (χ3v) is 5.62. The maximum Gasteiger partial charge on any atom is 0.212 e. The average molecular weight is 297 g/mol. The fourth-order valence-corrected chi connectivity index (χ4v) is 4.82. The Balaban J connectivity index is 0.00000162. The van der Waals surface area contributed by atoms with Crippen LogP contribution in [0.15, 0.2) is 0 Å². The number of hydrogen-bond donors (Lipinski definition) is 2. The maximum absolute atomic E-state index is 12.1. The van der Waals surface area contributed by atoms with Crippen LogP contribution in [0.25, 0.3) is 0 Å². The predicted molar refractivity (Wildman–Crippen MR) is 76.6 cm³/mol. The van der Waals surface area contributed by atoms with Crippen LogP contribution < -0.4 is 10.0 Å². The van der Waals surface area contributed by atoms with Crippen molar-refractivity contribution in [2.24, 2.45) is 11.8 Å². The summed E-state index contributed by atoms with van der Waals surface area (Å²) in [4.78, 5) is 0. The van der Waals surface area contributed by atoms with Gasteiger partial charge < -0.3 is 5.32 Å². The molecule has 6 heteroatoms. The topological polar surface area (TPSA) is 58.2 Å². The molecule has 1 aliphatic carbocycles. The second-order valence-electron chi connectivity index (χ2n) is 5.63. The summed E-state index contributed by atoms with van der Waals surface area (Å²) in [6.07, 6.45) is 5.48. The Bertz CT molecular complexity index is 342. The molecule has 0 radical (unpaired) electrons. The summed E-state index contributed by atoms with van der Waals surface area (Å²) in [5, 5.41) is 3.29. The zero-order chi connectivity index (χ0) is 12.3. The van der Waals surface area contributed by atoms with Crippen molar-refractivity contribution >= 4 is 22.4 Å². The normalized spacial score (nSPS) is 30.1. The van der Waals surface area contributed by atoms with Gasteiger partial charge in [0, 0.05) is 6.04 Å². The van der Waals surface area contributed by atoms with Gasteiger partial charge in [0.1, 0.15) is 0 Å². The third-order valence-electron chi connectivity index (χ3n) is 4.05. The fraction of sp³-hybridized carbons (Fsp3) is 1.00. The Morgan fingerprint density at radius 2 is 1.89 bits per heavy atom. The molecule has 18 heavy (non-hydrogen) atoms. The van der Waals surface area contributed by atoms with Gasteiger partial charge in [-0.15, -0.1) is 12.4 Å². The van der Waals surface area contributed by atoms with Crippen molar-refractivity contribution in [1.29, 1.82) is 0 Å². The summed E-state index contributed by atoms with van der Waals surface area (Å²) in [6.45, 7) is 3.94. The molecular weight excluding hydrogens is 272 g/mol. The first kappa shape index (κ1) is 16.2. The molecule has 2 fully saturated rings. The summed E-state index contributed by atoms with van der Waals surface area (Å²) in [5.41, 5.74) is 0. The molecule has 2 N–H and O–H groups in total. The highest BCUT2D eigenvalue weighted by molar-refractivity contribution is 7.89. The second-order valence-corrected chi connectivity index (χ2v) is 7.42. The molecular formula is C12H25ClN2O2S. The van der Waals surface area contributed by atoms with Crippen LogP contribution in [0.5, 0.6) is 0 Å². The van der Waals surface area contributed by atoms with E-state index in [1.165, 1.54) is 12.8 Å². The lowest BCUT2D eigenvalue weighted by Gasteiger charge is -2.30. The van der Waals surface area contributed by atoms with E-state index in [2.05, 4.69) is 17.0 Å². The minimum Gasteiger partial charge on any atom is -0.316 e. The maximum atomic E-state index is 12.1. The Kier molecular flexibility index (Phi) is 6.38. The predicted octanol–water partition coefficient (Wildman–Crippen LogP) is 1.52. The van der Waals surface area contributed by atoms with Gasteiger partial charge in [-0.1, -0.05) is 19.8 Å². The van der Waals surface area contributed by atoms with Crippen molar-refractivity contribution in [1.82, 2.24) is 10.0 Å². The van der Waals surface area contributed by atoms with E-state index in [0.29, 0.717) is 17.6 Å². The van der Waals surface area contributed by atoms with Gasteiger partial charge in [0.2, 0.25) is 10.0 Å². The monoisotopic (exact) mass is 296 g/mol. The standard InChI is InChI=1S/C12H24N2O2S.ClH/c1-10-8-13-7-6-12(10)14-17(15,16)9-11-4-2-3-5-11;/h10-14H,2-9H2,1H3;1H. The molecule has 0 aromatic rings. The van der Waals surface area contributed by atoms with Crippen LogP contribution in [0.2, 0.25) is 0 Å². The van der Waals surface area contributed by atoms with Gasteiger partial charge in [0.15, 0.2) is 0 Å². The molecule has 4 nitrogen and oxygen atoms in total. The van der Waals surface area contributed by atoms with Crippen molar-refractivity contribution in [2.75, 3.05) is 18.8 Å². The number of piperidine rings is 1. The van der Waals surface area contributed by atoms with Crippen LogP contribution in [-0.4, -0.2) is 33.3 Å². The minimum absolute atomic E-state index is 0. The minimum atomic E-state index is -3.08. The SMILES string of the molecule is CC1CNCCC1NS(=O)(=O)CC1CCCC1.Cl. The van der Waals surface area contributed by atoms with Gasteiger partial charge in [0.25, 0.3) is 0 Å². The first-order chi connectivity index (χ1) is 8.07. The Labute approximate surface area is 117 Å². The van der Waals surface area contributed by atoms with Crippen LogP contribution in [0.3, 0.4) is 0 Å². The summed E-state index contributed by atoms with van der Waals surface area (Å²) < 4.78 is 27.0. The molecule has 0 aromatic heterocycles. The highest BCUT2D eigenvalue weighted by atomic mass is 35.5. The van der Waals surface area contributed by atoms with Crippen LogP contribution in [0.4, 0.5) is 0 Å². The molecule has 1 saturated heterocycles. The first-order valence-corrected chi connectivity index (χ1v) is 8.43. The van der Waals surface area contributed by atoms with Crippen molar-refractivity contribution in [3.63, 3.8) is 0 Å². The zero-order valence-electron chi connectivity index (χ0n) is 11.0. The molecule has 2 unspecified atom stereocenters. The molecule has 1 aliphatic heterocycles. The van der Waals surface area contributed by atoms with E-state index in [1.54, 1.807) is 0 Å². The summed E-state index contributed by atoms with van der Waals surface area (Å²) in [5.74, 6) is 1.12. The van der Waals surface area contributed by atoms with Gasteiger partial charge in [-0.25, -0.2) is 13.1 Å². The molecule has 2 atom stereocenters. The molecule has 0 bridgehead atoms. The number of nitrogens with one attached hydrogen (secondary N) is 2. The number of hydrogen-bond acceptors (Lipinski definition) is 3. The Morgan fingerprint density at radius 1 is 1.22 bits per heavy atom. The van der Waals surface area contributed by atoms with Crippen LogP contribution >= 0.6 is 12.4 Å². The van der Waals surface area contributed by atoms with Gasteiger partial charge in [0.05, 0.1) is 5.75 Å². The van der Waals surface area contributed by atoms with E-state index in [9.17, 15) is 8.42 Å². The lowest BCUT2D eigenvalue weighted by atomic mass is 9.97. The van der Waals surface area contributed by atoms with E-state index in [-0.39, 0.29) is 18.4 Å². The molecule has 1 saturated carbocycles. The van der Waals surface area contributed by atoms with Crippen LogP contribution in [0.1, 0.15) is 39.0 Å². The molecule has 0 aromatic carbocycles. The average Bonchev–Trinajstić information content (AvgIpc) is 2.73. The first-order valence-electron chi connectivity index (χ1n) is 6.77. The Hall–Kier alpha value is 0.160. The lowest BCUT2D eigenvalue weighted by molar-refractivity contribution is 0.327. The van der Waals surface area contributed by atoms with Crippen molar-refractivity contribution in [2.45, 2.75) is 45.1 Å². The van der Waals surface area contributed by atoms with E-state index in [0.717, 1.165) is 32.4 Å². The zero-order valence-corrected chi connectivity index (χ0v) is 12.7. The van der Waals surface area contributed by atoms with Crippen molar-refractivity contribution < 1.29 is 8.42 Å². The summed E-state index contributed by atoms with van der Waals surface area (Å²) in [7, 11) is -3.08. The van der Waals surface area contributed by atoms with Crippen molar-refractivity contribution in [3.8, 4) is 0 Å². The lowest BCUT2D eigenvalue weighted by Crippen LogP contribution is -2.49. The van der Waals surface area contributed by atoms with Crippen LogP contribution in [0, 0.1) is 11.8 Å². The molecule has 2 rings (SSSR count). The highest BCUT2D eigenvalue weighted by Gasteiger charge is 2.28. The van der Waals surface area contributed by atoms with Crippen molar-refractivity contribution in [3.05, 3.63) is 0 Å². The number of rotatable bonds is 4. The van der Waals surface area contributed by atoms with E-state index < -0.39 is 10.0 Å². The highest BCUT2D eigenvalue weighted by Crippen LogP contribution is 2.26. The van der Waals surface area contributed by atoms with Gasteiger partial charge in [-0.3, -0.25) is 0 Å². The fourth-order valence-electron chi connectivity index (χ4n) is 2.96.